The minimum absolute atomic E-state index is 0.0754. The van der Waals surface area contributed by atoms with E-state index in [4.69, 9.17) is 4.74 Å². The molecule has 2 aromatic rings. The molecule has 128 valence electrons. The number of methoxy groups -OCH3 is 1. The standard InChI is InChI=1S/C18H26BN3O2/c1-13(8-15-9-16(19)12-22(2)18(15)23)17-5-4-14(11-21-17)10-20-6-7-24-3/h4-5,9,11-13,20H,6-8,10,19H2,1-3H3. The van der Waals surface area contributed by atoms with Crippen molar-refractivity contribution in [2.75, 3.05) is 20.3 Å². The first-order chi connectivity index (χ1) is 11.5. The van der Waals surface area contributed by atoms with Crippen LogP contribution in [-0.4, -0.2) is 37.7 Å². The van der Waals surface area contributed by atoms with Crippen molar-refractivity contribution in [2.45, 2.75) is 25.8 Å². The van der Waals surface area contributed by atoms with Crippen LogP contribution in [0.2, 0.25) is 0 Å². The molecule has 1 unspecified atom stereocenters. The summed E-state index contributed by atoms with van der Waals surface area (Å²) in [6.07, 6.45) is 4.47. The van der Waals surface area contributed by atoms with E-state index in [0.29, 0.717) is 13.0 Å². The van der Waals surface area contributed by atoms with Crippen molar-refractivity contribution in [3.63, 3.8) is 0 Å². The number of aromatic nitrogens is 2. The van der Waals surface area contributed by atoms with Crippen LogP contribution in [0.25, 0.3) is 0 Å². The van der Waals surface area contributed by atoms with Gasteiger partial charge in [-0.3, -0.25) is 9.78 Å². The van der Waals surface area contributed by atoms with Crippen LogP contribution in [0.5, 0.6) is 0 Å². The molecule has 5 nitrogen and oxygen atoms in total. The van der Waals surface area contributed by atoms with Crippen molar-refractivity contribution in [1.82, 2.24) is 14.9 Å². The highest BCUT2D eigenvalue weighted by atomic mass is 16.5. The van der Waals surface area contributed by atoms with Crippen molar-refractivity contribution in [2.24, 2.45) is 7.05 Å². The van der Waals surface area contributed by atoms with Gasteiger partial charge in [0.25, 0.3) is 5.56 Å². The zero-order valence-electron chi connectivity index (χ0n) is 15.0. The van der Waals surface area contributed by atoms with Gasteiger partial charge in [0.05, 0.1) is 6.61 Å². The van der Waals surface area contributed by atoms with Crippen LogP contribution >= 0.6 is 0 Å². The Morgan fingerprint density at radius 1 is 1.42 bits per heavy atom. The van der Waals surface area contributed by atoms with Gasteiger partial charge < -0.3 is 14.6 Å². The maximum atomic E-state index is 12.2. The molecule has 0 saturated carbocycles. The number of aryl methyl sites for hydroxylation is 1. The fraction of sp³-hybridized carbons (Fsp3) is 0.444. The summed E-state index contributed by atoms with van der Waals surface area (Å²) < 4.78 is 6.66. The second-order valence-electron chi connectivity index (χ2n) is 6.32. The van der Waals surface area contributed by atoms with E-state index in [1.165, 1.54) is 0 Å². The molecule has 0 aliphatic heterocycles. The van der Waals surface area contributed by atoms with E-state index < -0.39 is 0 Å². The normalized spacial score (nSPS) is 12.3. The van der Waals surface area contributed by atoms with Crippen LogP contribution in [0.3, 0.4) is 0 Å². The molecule has 0 aliphatic carbocycles. The third kappa shape index (κ3) is 5.04. The Morgan fingerprint density at radius 3 is 2.88 bits per heavy atom. The Hall–Kier alpha value is -1.92. The smallest absolute Gasteiger partial charge is 0.253 e. The minimum Gasteiger partial charge on any atom is -0.383 e. The van der Waals surface area contributed by atoms with Crippen molar-refractivity contribution in [3.05, 3.63) is 57.8 Å². The Morgan fingerprint density at radius 2 is 2.21 bits per heavy atom. The SMILES string of the molecule is Bc1cc(CC(C)c2ccc(CNCCOC)cn2)c(=O)n(C)c1. The van der Waals surface area contributed by atoms with Crippen molar-refractivity contribution < 1.29 is 4.74 Å². The van der Waals surface area contributed by atoms with Gasteiger partial charge in [-0.2, -0.15) is 0 Å². The van der Waals surface area contributed by atoms with Crippen molar-refractivity contribution in [1.29, 1.82) is 0 Å². The van der Waals surface area contributed by atoms with Crippen LogP contribution in [0, 0.1) is 0 Å². The highest BCUT2D eigenvalue weighted by molar-refractivity contribution is 6.32. The first-order valence-corrected chi connectivity index (χ1v) is 8.32. The largest absolute Gasteiger partial charge is 0.383 e. The molecule has 24 heavy (non-hydrogen) atoms. The number of rotatable bonds is 8. The number of hydrogen-bond acceptors (Lipinski definition) is 4. The summed E-state index contributed by atoms with van der Waals surface area (Å²) in [4.78, 5) is 16.8. The van der Waals surface area contributed by atoms with E-state index in [0.717, 1.165) is 35.4 Å². The first kappa shape index (κ1) is 18.4. The van der Waals surface area contributed by atoms with Gasteiger partial charge in [0, 0.05) is 56.8 Å². The number of nitrogens with one attached hydrogen (secondary N) is 1. The zero-order valence-corrected chi connectivity index (χ0v) is 15.0. The Bertz CT molecular complexity index is 713. The van der Waals surface area contributed by atoms with Gasteiger partial charge in [0.2, 0.25) is 0 Å². The lowest BCUT2D eigenvalue weighted by Crippen LogP contribution is -2.26. The molecule has 0 fully saturated rings. The maximum absolute atomic E-state index is 12.2. The highest BCUT2D eigenvalue weighted by Gasteiger charge is 2.12. The molecule has 2 aromatic heterocycles. The minimum atomic E-state index is 0.0754. The van der Waals surface area contributed by atoms with E-state index in [9.17, 15) is 4.79 Å². The molecule has 2 heterocycles. The summed E-state index contributed by atoms with van der Waals surface area (Å²) in [7, 11) is 5.51. The van der Waals surface area contributed by atoms with Gasteiger partial charge in [-0.1, -0.05) is 24.5 Å². The van der Waals surface area contributed by atoms with Gasteiger partial charge in [0.1, 0.15) is 7.85 Å². The first-order valence-electron chi connectivity index (χ1n) is 8.32. The molecule has 6 heteroatoms. The van der Waals surface area contributed by atoms with Crippen LogP contribution in [-0.2, 0) is 24.8 Å². The molecule has 0 aromatic carbocycles. The van der Waals surface area contributed by atoms with E-state index in [-0.39, 0.29) is 11.5 Å². The summed E-state index contributed by atoms with van der Waals surface area (Å²) in [5.74, 6) is 0.204. The second kappa shape index (κ2) is 8.80. The monoisotopic (exact) mass is 327 g/mol. The average Bonchev–Trinajstić information content (AvgIpc) is 2.56. The lowest BCUT2D eigenvalue weighted by Gasteiger charge is -2.13. The summed E-state index contributed by atoms with van der Waals surface area (Å²) in [6.45, 7) is 4.42. The Labute approximate surface area is 144 Å². The van der Waals surface area contributed by atoms with Gasteiger partial charge in [-0.15, -0.1) is 0 Å². The van der Waals surface area contributed by atoms with Crippen LogP contribution in [0.15, 0.2) is 35.4 Å². The van der Waals surface area contributed by atoms with Crippen LogP contribution in [0.1, 0.15) is 29.7 Å². The van der Waals surface area contributed by atoms with Crippen LogP contribution < -0.4 is 16.3 Å². The van der Waals surface area contributed by atoms with Gasteiger partial charge in [-0.25, -0.2) is 0 Å². The molecular weight excluding hydrogens is 301 g/mol. The summed E-state index contributed by atoms with van der Waals surface area (Å²) in [6, 6.07) is 6.12. The molecule has 0 radical (unpaired) electrons. The summed E-state index contributed by atoms with van der Waals surface area (Å²) in [5, 5.41) is 3.30. The Balaban J connectivity index is 2.00. The molecule has 1 atom stereocenters. The van der Waals surface area contributed by atoms with Gasteiger partial charge in [-0.05, 0) is 18.1 Å². The van der Waals surface area contributed by atoms with E-state index in [1.54, 1.807) is 18.7 Å². The molecule has 0 spiro atoms. The van der Waals surface area contributed by atoms with E-state index >= 15 is 0 Å². The molecule has 0 amide bonds. The topological polar surface area (TPSA) is 56.1 Å². The second-order valence-corrected chi connectivity index (χ2v) is 6.32. The van der Waals surface area contributed by atoms with Gasteiger partial charge >= 0.3 is 0 Å². The predicted molar refractivity (Wildman–Crippen MR) is 99.8 cm³/mol. The quantitative estimate of drug-likeness (QED) is 0.553. The predicted octanol–water partition coefficient (Wildman–Crippen LogP) is 0.121. The molecule has 0 saturated heterocycles. The molecule has 1 N–H and O–H groups in total. The van der Waals surface area contributed by atoms with E-state index in [1.807, 2.05) is 26.3 Å². The molecule has 2 rings (SSSR count). The van der Waals surface area contributed by atoms with E-state index in [2.05, 4.69) is 29.4 Å². The Kier molecular flexibility index (Phi) is 6.76. The number of hydrogen-bond donors (Lipinski definition) is 1. The summed E-state index contributed by atoms with van der Waals surface area (Å²) in [5.41, 5.74) is 4.18. The fourth-order valence-electron chi connectivity index (χ4n) is 2.78. The molecule has 0 bridgehead atoms. The highest BCUT2D eigenvalue weighted by Crippen LogP contribution is 2.17. The lowest BCUT2D eigenvalue weighted by atomic mass is 9.92. The number of nitrogens with zero attached hydrogens (tertiary/aromatic N) is 2. The molecular formula is C18H26BN3O2. The fourth-order valence-corrected chi connectivity index (χ4v) is 2.78. The third-order valence-corrected chi connectivity index (χ3v) is 4.08. The summed E-state index contributed by atoms with van der Waals surface area (Å²) >= 11 is 0. The average molecular weight is 327 g/mol. The molecule has 0 aliphatic rings. The maximum Gasteiger partial charge on any atom is 0.253 e. The number of ether oxygens (including phenoxy) is 1. The lowest BCUT2D eigenvalue weighted by molar-refractivity contribution is 0.199. The van der Waals surface area contributed by atoms with Crippen molar-refractivity contribution in [3.8, 4) is 0 Å². The van der Waals surface area contributed by atoms with Gasteiger partial charge in [0.15, 0.2) is 0 Å². The van der Waals surface area contributed by atoms with Crippen LogP contribution in [0.4, 0.5) is 0 Å². The zero-order chi connectivity index (χ0) is 17.5. The third-order valence-electron chi connectivity index (χ3n) is 4.08. The van der Waals surface area contributed by atoms with Crippen molar-refractivity contribution >= 4 is 13.3 Å². The number of pyridine rings is 2.